The third-order valence-electron chi connectivity index (χ3n) is 4.86. The van der Waals surface area contributed by atoms with Crippen LogP contribution in [0.25, 0.3) is 11.0 Å². The molecule has 3 heterocycles. The molecule has 7 heteroatoms. The van der Waals surface area contributed by atoms with E-state index in [1.165, 1.54) is 12.8 Å². The Morgan fingerprint density at radius 3 is 2.44 bits per heavy atom. The summed E-state index contributed by atoms with van der Waals surface area (Å²) < 4.78 is 1.76. The molecule has 4 N–H and O–H groups in total. The Bertz CT molecular complexity index is 868. The van der Waals surface area contributed by atoms with E-state index in [4.69, 9.17) is 16.5 Å². The molecule has 130 valence electrons. The van der Waals surface area contributed by atoms with E-state index in [1.807, 2.05) is 43.6 Å². The summed E-state index contributed by atoms with van der Waals surface area (Å²) in [6.45, 7) is 2.00. The van der Waals surface area contributed by atoms with Crippen molar-refractivity contribution in [1.82, 2.24) is 19.7 Å². The molecule has 7 nitrogen and oxygen atoms in total. The van der Waals surface area contributed by atoms with Crippen LogP contribution in [0.4, 0.5) is 5.82 Å². The molecule has 0 aliphatic carbocycles. The molecule has 0 spiro atoms. The lowest BCUT2D eigenvalue weighted by atomic mass is 10.0. The van der Waals surface area contributed by atoms with E-state index in [0.29, 0.717) is 5.82 Å². The van der Waals surface area contributed by atoms with Crippen LogP contribution in [0.2, 0.25) is 0 Å². The molecule has 1 aliphatic rings. The Kier molecular flexibility index (Phi) is 4.10. The van der Waals surface area contributed by atoms with E-state index in [2.05, 4.69) is 15.0 Å². The molecule has 4 rings (SSSR count). The average molecular weight is 337 g/mol. The molecule has 1 saturated heterocycles. The van der Waals surface area contributed by atoms with Gasteiger partial charge in [-0.05, 0) is 18.4 Å². The van der Waals surface area contributed by atoms with E-state index in [9.17, 15) is 0 Å². The lowest BCUT2D eigenvalue weighted by molar-refractivity contribution is 0.545. The van der Waals surface area contributed by atoms with Crippen molar-refractivity contribution in [3.8, 4) is 0 Å². The maximum atomic E-state index is 6.45. The van der Waals surface area contributed by atoms with Gasteiger partial charge in [0.15, 0.2) is 11.5 Å². The van der Waals surface area contributed by atoms with Gasteiger partial charge in [-0.25, -0.2) is 9.97 Å². The van der Waals surface area contributed by atoms with Gasteiger partial charge >= 0.3 is 0 Å². The van der Waals surface area contributed by atoms with Crippen molar-refractivity contribution < 1.29 is 0 Å². The maximum Gasteiger partial charge on any atom is 0.163 e. The largest absolute Gasteiger partial charge is 0.356 e. The fraction of sp³-hybridized carbons (Fsp3) is 0.389. The van der Waals surface area contributed by atoms with Crippen LogP contribution >= 0.6 is 0 Å². The smallest absolute Gasteiger partial charge is 0.163 e. The summed E-state index contributed by atoms with van der Waals surface area (Å²) in [5, 5.41) is 5.31. The quantitative estimate of drug-likeness (QED) is 0.751. The second kappa shape index (κ2) is 6.42. The Hall–Kier alpha value is -2.51. The van der Waals surface area contributed by atoms with E-state index in [-0.39, 0.29) is 6.04 Å². The SMILES string of the molecule is Cn1ncc2c(N3CCCC3)nc(C(N)C(N)c3ccccc3)nc21. The molecular weight excluding hydrogens is 314 g/mol. The molecule has 1 aliphatic heterocycles. The Balaban J connectivity index is 1.77. The molecule has 3 aromatic rings. The summed E-state index contributed by atoms with van der Waals surface area (Å²) in [6, 6.07) is 9.00. The third-order valence-corrected chi connectivity index (χ3v) is 4.86. The van der Waals surface area contributed by atoms with Crippen LogP contribution in [0, 0.1) is 0 Å². The minimum atomic E-state index is -0.483. The van der Waals surface area contributed by atoms with Crippen LogP contribution in [-0.4, -0.2) is 32.8 Å². The number of hydrogen-bond donors (Lipinski definition) is 2. The van der Waals surface area contributed by atoms with Crippen LogP contribution in [0.1, 0.15) is 36.3 Å². The highest BCUT2D eigenvalue weighted by atomic mass is 15.3. The van der Waals surface area contributed by atoms with Gasteiger partial charge in [0.1, 0.15) is 5.82 Å². The summed E-state index contributed by atoms with van der Waals surface area (Å²) in [7, 11) is 1.88. The summed E-state index contributed by atoms with van der Waals surface area (Å²) in [5.74, 6) is 1.48. The number of benzene rings is 1. The predicted octanol–water partition coefficient (Wildman–Crippen LogP) is 1.66. The number of nitrogens with zero attached hydrogens (tertiary/aromatic N) is 5. The predicted molar refractivity (Wildman–Crippen MR) is 98.0 cm³/mol. The van der Waals surface area contributed by atoms with Crippen molar-refractivity contribution in [3.05, 3.63) is 47.9 Å². The second-order valence-electron chi connectivity index (χ2n) is 6.57. The van der Waals surface area contributed by atoms with Gasteiger partial charge in [-0.3, -0.25) is 4.68 Å². The van der Waals surface area contributed by atoms with Gasteiger partial charge in [0.05, 0.1) is 23.7 Å². The normalized spacial score (nSPS) is 17.2. The number of rotatable bonds is 4. The number of anilines is 1. The van der Waals surface area contributed by atoms with E-state index in [1.54, 1.807) is 4.68 Å². The zero-order chi connectivity index (χ0) is 17.4. The molecule has 1 fully saturated rings. The van der Waals surface area contributed by atoms with Gasteiger partial charge in [-0.2, -0.15) is 5.10 Å². The fourth-order valence-corrected chi connectivity index (χ4v) is 3.39. The molecule has 1 aromatic carbocycles. The van der Waals surface area contributed by atoms with Gasteiger partial charge in [0.2, 0.25) is 0 Å². The number of hydrogen-bond acceptors (Lipinski definition) is 6. The van der Waals surface area contributed by atoms with Crippen LogP contribution in [0.15, 0.2) is 36.5 Å². The minimum absolute atomic E-state index is 0.363. The summed E-state index contributed by atoms with van der Waals surface area (Å²) in [5.41, 5.74) is 14.6. The van der Waals surface area contributed by atoms with Crippen molar-refractivity contribution in [2.45, 2.75) is 24.9 Å². The molecule has 0 amide bonds. The van der Waals surface area contributed by atoms with Gasteiger partial charge in [-0.1, -0.05) is 30.3 Å². The first-order chi connectivity index (χ1) is 12.1. The topological polar surface area (TPSA) is 98.9 Å². The average Bonchev–Trinajstić information content (AvgIpc) is 3.31. The van der Waals surface area contributed by atoms with Gasteiger partial charge in [-0.15, -0.1) is 0 Å². The molecule has 0 bridgehead atoms. The standard InChI is InChI=1S/C18H23N7/c1-24-17-13(11-21-24)18(25-9-5-6-10-25)23-16(22-17)15(20)14(19)12-7-3-2-4-8-12/h2-4,7-8,11,14-15H,5-6,9-10,19-20H2,1H3. The van der Waals surface area contributed by atoms with Crippen LogP contribution in [0.3, 0.4) is 0 Å². The Morgan fingerprint density at radius 1 is 1.00 bits per heavy atom. The van der Waals surface area contributed by atoms with Crippen LogP contribution < -0.4 is 16.4 Å². The Labute approximate surface area is 146 Å². The third kappa shape index (κ3) is 2.85. The number of fused-ring (bicyclic) bond motifs is 1. The van der Waals surface area contributed by atoms with E-state index < -0.39 is 6.04 Å². The number of aromatic nitrogens is 4. The van der Waals surface area contributed by atoms with Crippen molar-refractivity contribution in [2.24, 2.45) is 18.5 Å². The van der Waals surface area contributed by atoms with Gasteiger partial charge < -0.3 is 16.4 Å². The first kappa shape index (κ1) is 16.0. The van der Waals surface area contributed by atoms with Gasteiger partial charge in [0, 0.05) is 20.1 Å². The zero-order valence-corrected chi connectivity index (χ0v) is 14.3. The molecule has 2 aromatic heterocycles. The second-order valence-corrected chi connectivity index (χ2v) is 6.57. The Morgan fingerprint density at radius 2 is 1.72 bits per heavy atom. The number of nitrogens with two attached hydrogens (primary N) is 2. The van der Waals surface area contributed by atoms with Crippen LogP contribution in [0.5, 0.6) is 0 Å². The summed E-state index contributed by atoms with van der Waals surface area (Å²) in [6.07, 6.45) is 4.18. The van der Waals surface area contributed by atoms with Crippen molar-refractivity contribution in [2.75, 3.05) is 18.0 Å². The van der Waals surface area contributed by atoms with Crippen molar-refractivity contribution >= 4 is 16.9 Å². The molecule has 0 saturated carbocycles. The van der Waals surface area contributed by atoms with Gasteiger partial charge in [0.25, 0.3) is 0 Å². The fourth-order valence-electron chi connectivity index (χ4n) is 3.39. The highest BCUT2D eigenvalue weighted by molar-refractivity contribution is 5.87. The van der Waals surface area contributed by atoms with Crippen molar-refractivity contribution in [1.29, 1.82) is 0 Å². The molecule has 2 atom stereocenters. The molecule has 0 radical (unpaired) electrons. The summed E-state index contributed by atoms with van der Waals surface area (Å²) >= 11 is 0. The first-order valence-electron chi connectivity index (χ1n) is 8.66. The maximum absolute atomic E-state index is 6.45. The molecule has 25 heavy (non-hydrogen) atoms. The first-order valence-corrected chi connectivity index (χ1v) is 8.66. The summed E-state index contributed by atoms with van der Waals surface area (Å²) in [4.78, 5) is 11.8. The highest BCUT2D eigenvalue weighted by Crippen LogP contribution is 2.30. The van der Waals surface area contributed by atoms with Crippen LogP contribution in [-0.2, 0) is 7.05 Å². The molecule has 2 unspecified atom stereocenters. The monoisotopic (exact) mass is 337 g/mol. The van der Waals surface area contributed by atoms with E-state index >= 15 is 0 Å². The minimum Gasteiger partial charge on any atom is -0.356 e. The lowest BCUT2D eigenvalue weighted by Crippen LogP contribution is -2.29. The highest BCUT2D eigenvalue weighted by Gasteiger charge is 2.25. The lowest BCUT2D eigenvalue weighted by Gasteiger charge is -2.22. The zero-order valence-electron chi connectivity index (χ0n) is 14.3. The number of aryl methyl sites for hydroxylation is 1. The van der Waals surface area contributed by atoms with Crippen molar-refractivity contribution in [3.63, 3.8) is 0 Å². The molecular formula is C18H23N7. The van der Waals surface area contributed by atoms with E-state index in [0.717, 1.165) is 35.5 Å².